The second kappa shape index (κ2) is 12.9. The summed E-state index contributed by atoms with van der Waals surface area (Å²) in [5.74, 6) is 1.95. The molecule has 0 aromatic carbocycles. The van der Waals surface area contributed by atoms with Gasteiger partial charge in [-0.25, -0.2) is 14.5 Å². The monoisotopic (exact) mass is 614 g/mol. The summed E-state index contributed by atoms with van der Waals surface area (Å²) in [4.78, 5) is 35.2. The van der Waals surface area contributed by atoms with Crippen LogP contribution in [0.3, 0.4) is 0 Å². The van der Waals surface area contributed by atoms with Gasteiger partial charge in [0, 0.05) is 30.9 Å². The quantitative estimate of drug-likeness (QED) is 0.211. The number of ether oxygens (including phenoxy) is 3. The smallest absolute Gasteiger partial charge is 0.434 e. The molecular weight excluding hydrogens is 580 g/mol. The van der Waals surface area contributed by atoms with Crippen molar-refractivity contribution in [3.05, 3.63) is 57.8 Å². The van der Waals surface area contributed by atoms with E-state index in [4.69, 9.17) is 24.2 Å². The van der Waals surface area contributed by atoms with Gasteiger partial charge in [-0.3, -0.25) is 4.98 Å². The zero-order valence-electron chi connectivity index (χ0n) is 25.3. The van der Waals surface area contributed by atoms with Crippen molar-refractivity contribution in [3.63, 3.8) is 0 Å². The summed E-state index contributed by atoms with van der Waals surface area (Å²) in [6.45, 7) is 6.34. The third kappa shape index (κ3) is 6.70. The first kappa shape index (κ1) is 29.9. The van der Waals surface area contributed by atoms with Crippen molar-refractivity contribution < 1.29 is 19.1 Å². The fraction of sp³-hybridized carbons (Fsp3) is 0.467. The molecule has 15 heteroatoms. The van der Waals surface area contributed by atoms with Crippen LogP contribution in [0, 0.1) is 28.4 Å². The highest BCUT2D eigenvalue weighted by molar-refractivity contribution is 5.87. The van der Waals surface area contributed by atoms with Crippen LogP contribution >= 0.6 is 0 Å². The molecule has 1 atom stereocenters. The lowest BCUT2D eigenvalue weighted by atomic mass is 9.93. The van der Waals surface area contributed by atoms with Crippen molar-refractivity contribution in [1.82, 2.24) is 29.5 Å². The molecule has 15 nitrogen and oxygen atoms in total. The normalized spacial score (nSPS) is 19.1. The summed E-state index contributed by atoms with van der Waals surface area (Å²) in [6, 6.07) is 7.70. The average molecular weight is 615 g/mol. The summed E-state index contributed by atoms with van der Waals surface area (Å²) in [5, 5.41) is 24.6. The first-order valence-electron chi connectivity index (χ1n) is 14.9. The van der Waals surface area contributed by atoms with Crippen molar-refractivity contribution in [2.45, 2.75) is 57.8 Å². The molecule has 0 bridgehead atoms. The lowest BCUT2D eigenvalue weighted by Gasteiger charge is -2.31. The molecule has 4 aromatic heterocycles. The Kier molecular flexibility index (Phi) is 8.56. The Labute approximate surface area is 259 Å². The highest BCUT2D eigenvalue weighted by Crippen LogP contribution is 2.34. The maximum absolute atomic E-state index is 11.3. The van der Waals surface area contributed by atoms with Gasteiger partial charge in [-0.05, 0) is 56.6 Å². The minimum atomic E-state index is -0.528. The highest BCUT2D eigenvalue weighted by Gasteiger charge is 2.27. The number of hydrogen-bond donors (Lipinski definition) is 1. The van der Waals surface area contributed by atoms with Gasteiger partial charge >= 0.3 is 5.95 Å². The fourth-order valence-corrected chi connectivity index (χ4v) is 5.75. The van der Waals surface area contributed by atoms with Gasteiger partial charge in [-0.15, -0.1) is 0 Å². The Morgan fingerprint density at radius 3 is 2.60 bits per heavy atom. The van der Waals surface area contributed by atoms with Crippen LogP contribution in [0.15, 0.2) is 30.6 Å². The van der Waals surface area contributed by atoms with Crippen molar-refractivity contribution >= 4 is 28.6 Å². The molecule has 0 radical (unpaired) electrons. The highest BCUT2D eigenvalue weighted by atomic mass is 16.6. The predicted molar refractivity (Wildman–Crippen MR) is 163 cm³/mol. The molecule has 1 N–H and O–H groups in total. The standard InChI is InChI=1S/C30H34N10O5/c1-18-12-21(15-31)36-29(34-18)35-20-4-6-22(7-5-20)45-28-24-13-23(44-19(2)26-17-33-30(38(26)3)40(41)42)16-32-25(24)14-27(37-28)39-8-10-43-11-9-39/h12-14,16-17,19-20,22H,4-11H2,1-3H3,(H,34,35,36). The van der Waals surface area contributed by atoms with E-state index in [0.29, 0.717) is 47.6 Å². The topological polar surface area (TPSA) is 179 Å². The van der Waals surface area contributed by atoms with Gasteiger partial charge in [0.15, 0.2) is 11.8 Å². The lowest BCUT2D eigenvalue weighted by molar-refractivity contribution is -0.396. The zero-order valence-corrected chi connectivity index (χ0v) is 25.3. The van der Waals surface area contributed by atoms with E-state index >= 15 is 0 Å². The van der Waals surface area contributed by atoms with Crippen LogP contribution in [-0.2, 0) is 11.8 Å². The number of hydrogen-bond acceptors (Lipinski definition) is 13. The number of imidazole rings is 1. The van der Waals surface area contributed by atoms with Crippen LogP contribution in [0.5, 0.6) is 11.6 Å². The molecule has 1 saturated carbocycles. The predicted octanol–water partition coefficient (Wildman–Crippen LogP) is 4.02. The number of nitrogens with zero attached hydrogens (tertiary/aromatic N) is 9. The lowest BCUT2D eigenvalue weighted by Crippen LogP contribution is -2.37. The third-order valence-electron chi connectivity index (χ3n) is 8.09. The number of nitro groups is 1. The molecule has 4 aromatic rings. The van der Waals surface area contributed by atoms with Gasteiger partial charge in [0.05, 0.1) is 37.4 Å². The van der Waals surface area contributed by atoms with E-state index in [1.165, 1.54) is 10.8 Å². The van der Waals surface area contributed by atoms with E-state index in [1.54, 1.807) is 26.2 Å². The van der Waals surface area contributed by atoms with Crippen molar-refractivity contribution in [2.75, 3.05) is 36.5 Å². The van der Waals surface area contributed by atoms with Crippen molar-refractivity contribution in [1.29, 1.82) is 5.26 Å². The molecule has 2 aliphatic rings. The molecule has 45 heavy (non-hydrogen) atoms. The number of pyridine rings is 2. The summed E-state index contributed by atoms with van der Waals surface area (Å²) in [6.07, 6.45) is 5.76. The molecule has 1 saturated heterocycles. The van der Waals surface area contributed by atoms with Crippen LogP contribution in [0.2, 0.25) is 0 Å². The Bertz CT molecular complexity index is 1740. The second-order valence-electron chi connectivity index (χ2n) is 11.2. The summed E-state index contributed by atoms with van der Waals surface area (Å²) in [7, 11) is 1.59. The van der Waals surface area contributed by atoms with E-state index in [9.17, 15) is 15.4 Å². The molecule has 234 valence electrons. The van der Waals surface area contributed by atoms with Crippen LogP contribution in [0.4, 0.5) is 17.7 Å². The number of aromatic nitrogens is 6. The fourth-order valence-electron chi connectivity index (χ4n) is 5.75. The number of morpholine rings is 1. The minimum Gasteiger partial charge on any atom is -0.481 e. The second-order valence-corrected chi connectivity index (χ2v) is 11.2. The van der Waals surface area contributed by atoms with E-state index in [-0.39, 0.29) is 18.1 Å². The van der Waals surface area contributed by atoms with E-state index < -0.39 is 11.0 Å². The molecule has 1 aliphatic heterocycles. The molecular formula is C30H34N10O5. The van der Waals surface area contributed by atoms with Crippen LogP contribution in [-0.4, -0.2) is 72.9 Å². The van der Waals surface area contributed by atoms with Crippen molar-refractivity contribution in [3.8, 4) is 17.7 Å². The Balaban J connectivity index is 1.21. The van der Waals surface area contributed by atoms with Gasteiger partial charge in [0.2, 0.25) is 11.8 Å². The molecule has 0 spiro atoms. The number of anilines is 2. The number of aryl methyl sites for hydroxylation is 1. The Morgan fingerprint density at radius 1 is 1.11 bits per heavy atom. The van der Waals surface area contributed by atoms with E-state index in [2.05, 4.69) is 31.2 Å². The Hall–Kier alpha value is -5.10. The Morgan fingerprint density at radius 2 is 1.89 bits per heavy atom. The summed E-state index contributed by atoms with van der Waals surface area (Å²) < 4.78 is 19.7. The molecule has 6 rings (SSSR count). The molecule has 5 heterocycles. The summed E-state index contributed by atoms with van der Waals surface area (Å²) >= 11 is 0. The number of nitriles is 1. The summed E-state index contributed by atoms with van der Waals surface area (Å²) in [5.41, 5.74) is 2.36. The van der Waals surface area contributed by atoms with Crippen molar-refractivity contribution in [2.24, 2.45) is 7.05 Å². The maximum Gasteiger partial charge on any atom is 0.434 e. The first-order chi connectivity index (χ1) is 21.8. The van der Waals surface area contributed by atoms with Gasteiger partial charge in [0.1, 0.15) is 35.6 Å². The van der Waals surface area contributed by atoms with Crippen LogP contribution in [0.25, 0.3) is 10.9 Å². The van der Waals surface area contributed by atoms with E-state index in [1.807, 2.05) is 19.1 Å². The number of rotatable bonds is 9. The molecule has 0 amide bonds. The van der Waals surface area contributed by atoms with Gasteiger partial charge < -0.3 is 34.5 Å². The van der Waals surface area contributed by atoms with Gasteiger partial charge in [0.25, 0.3) is 0 Å². The molecule has 1 aliphatic carbocycles. The maximum atomic E-state index is 11.3. The van der Waals surface area contributed by atoms with Crippen LogP contribution in [0.1, 0.15) is 55.8 Å². The average Bonchev–Trinajstić information content (AvgIpc) is 3.44. The van der Waals surface area contributed by atoms with Crippen LogP contribution < -0.4 is 19.7 Å². The van der Waals surface area contributed by atoms with E-state index in [0.717, 1.165) is 55.8 Å². The number of nitrogens with one attached hydrogen (secondary N) is 1. The largest absolute Gasteiger partial charge is 0.481 e. The molecule has 2 fully saturated rings. The van der Waals surface area contributed by atoms with Gasteiger partial charge in [-0.1, -0.05) is 4.98 Å². The first-order valence-corrected chi connectivity index (χ1v) is 14.9. The van der Waals surface area contributed by atoms with Gasteiger partial charge in [-0.2, -0.15) is 10.2 Å². The zero-order chi connectivity index (χ0) is 31.5. The minimum absolute atomic E-state index is 0.0646. The molecule has 1 unspecified atom stereocenters. The third-order valence-corrected chi connectivity index (χ3v) is 8.09. The SMILES string of the molecule is Cc1cc(C#N)nc(NC2CCC(Oc3nc(N4CCOCC4)cc4ncc(OC(C)c5cnc([N+](=O)[O-])n5C)cc34)CC2)n1. The number of fused-ring (bicyclic) bond motifs is 1.